The number of piperidine rings is 1. The van der Waals surface area contributed by atoms with E-state index >= 15 is 0 Å². The van der Waals surface area contributed by atoms with Crippen LogP contribution in [0.3, 0.4) is 0 Å². The Labute approximate surface area is 120 Å². The second kappa shape index (κ2) is 6.75. The van der Waals surface area contributed by atoms with Gasteiger partial charge in [-0.2, -0.15) is 0 Å². The third-order valence-corrected chi connectivity index (χ3v) is 4.09. The highest BCUT2D eigenvalue weighted by molar-refractivity contribution is 5.72. The van der Waals surface area contributed by atoms with Crippen molar-refractivity contribution in [2.75, 3.05) is 20.8 Å². The zero-order chi connectivity index (χ0) is 14.5. The van der Waals surface area contributed by atoms with Gasteiger partial charge < -0.3 is 9.47 Å². The fourth-order valence-corrected chi connectivity index (χ4v) is 2.80. The van der Waals surface area contributed by atoms with E-state index in [0.717, 1.165) is 31.7 Å². The van der Waals surface area contributed by atoms with Crippen LogP contribution in [0.1, 0.15) is 25.3 Å². The molecule has 0 saturated carbocycles. The van der Waals surface area contributed by atoms with Gasteiger partial charge in [-0.3, -0.25) is 9.69 Å². The first-order chi connectivity index (χ1) is 9.63. The second-order valence-electron chi connectivity index (χ2n) is 5.41. The summed E-state index contributed by atoms with van der Waals surface area (Å²) in [6.07, 6.45) is 1.76. The molecule has 2 rings (SSSR count). The maximum absolute atomic E-state index is 11.6. The Morgan fingerprint density at radius 1 is 1.30 bits per heavy atom. The minimum absolute atomic E-state index is 0.0575. The molecule has 1 aliphatic rings. The molecular formula is C16H23NO3. The maximum Gasteiger partial charge on any atom is 0.308 e. The van der Waals surface area contributed by atoms with Crippen LogP contribution in [-0.2, 0) is 16.1 Å². The number of carbonyl (C=O) groups is 1. The molecule has 20 heavy (non-hydrogen) atoms. The fourth-order valence-electron chi connectivity index (χ4n) is 2.80. The van der Waals surface area contributed by atoms with Crippen molar-refractivity contribution in [3.8, 4) is 5.75 Å². The molecule has 0 N–H and O–H groups in total. The van der Waals surface area contributed by atoms with Gasteiger partial charge in [0.2, 0.25) is 0 Å². The molecule has 4 nitrogen and oxygen atoms in total. The molecule has 1 heterocycles. The van der Waals surface area contributed by atoms with E-state index in [1.807, 2.05) is 12.1 Å². The lowest BCUT2D eigenvalue weighted by atomic mass is 9.91. The van der Waals surface area contributed by atoms with Gasteiger partial charge in [-0.15, -0.1) is 0 Å². The topological polar surface area (TPSA) is 38.8 Å². The molecule has 0 unspecified atom stereocenters. The average molecular weight is 277 g/mol. The molecule has 1 fully saturated rings. The molecule has 0 bridgehead atoms. The second-order valence-corrected chi connectivity index (χ2v) is 5.41. The molecule has 110 valence electrons. The highest BCUT2D eigenvalue weighted by Gasteiger charge is 2.30. The molecule has 2 atom stereocenters. The Kier molecular flexibility index (Phi) is 5.01. The third kappa shape index (κ3) is 3.51. The van der Waals surface area contributed by atoms with E-state index in [1.54, 1.807) is 7.11 Å². The molecule has 0 spiro atoms. The van der Waals surface area contributed by atoms with Crippen molar-refractivity contribution in [3.63, 3.8) is 0 Å². The average Bonchev–Trinajstić information content (AvgIpc) is 2.49. The molecule has 1 aromatic carbocycles. The van der Waals surface area contributed by atoms with E-state index in [1.165, 1.54) is 12.7 Å². The third-order valence-electron chi connectivity index (χ3n) is 4.09. The van der Waals surface area contributed by atoms with Gasteiger partial charge in [-0.05, 0) is 44.0 Å². The molecule has 0 radical (unpaired) electrons. The Bertz CT molecular complexity index is 444. The standard InChI is InChI=1S/C16H23NO3/c1-12-10-14(16(18)20-3)8-9-17(12)11-13-4-6-15(19-2)7-5-13/h4-7,12,14H,8-11H2,1-3H3/t12-,14-/m1/s1. The van der Waals surface area contributed by atoms with Gasteiger partial charge in [0.05, 0.1) is 20.1 Å². The van der Waals surface area contributed by atoms with Crippen LogP contribution in [-0.4, -0.2) is 37.7 Å². The predicted octanol–water partition coefficient (Wildman–Crippen LogP) is 2.47. The van der Waals surface area contributed by atoms with Gasteiger partial charge in [0.1, 0.15) is 5.75 Å². The van der Waals surface area contributed by atoms with Crippen LogP contribution in [0.5, 0.6) is 5.75 Å². The Morgan fingerprint density at radius 3 is 2.55 bits per heavy atom. The van der Waals surface area contributed by atoms with Gasteiger partial charge in [0.15, 0.2) is 0 Å². The highest BCUT2D eigenvalue weighted by atomic mass is 16.5. The summed E-state index contributed by atoms with van der Waals surface area (Å²) in [6.45, 7) is 4.03. The SMILES string of the molecule is COC(=O)[C@@H]1CCN(Cc2ccc(OC)cc2)[C@H](C)C1. The van der Waals surface area contributed by atoms with Crippen molar-refractivity contribution in [1.29, 1.82) is 0 Å². The Morgan fingerprint density at radius 2 is 2.00 bits per heavy atom. The summed E-state index contributed by atoms with van der Waals surface area (Å²) in [5.74, 6) is 0.870. The van der Waals surface area contributed by atoms with Crippen LogP contribution in [0.25, 0.3) is 0 Å². The van der Waals surface area contributed by atoms with Crippen molar-refractivity contribution in [1.82, 2.24) is 4.90 Å². The lowest BCUT2D eigenvalue weighted by molar-refractivity contribution is -0.147. The molecule has 0 amide bonds. The summed E-state index contributed by atoms with van der Waals surface area (Å²) in [4.78, 5) is 14.0. The van der Waals surface area contributed by atoms with Crippen molar-refractivity contribution in [3.05, 3.63) is 29.8 Å². The van der Waals surface area contributed by atoms with Gasteiger partial charge in [0, 0.05) is 12.6 Å². The van der Waals surface area contributed by atoms with Crippen LogP contribution in [0.4, 0.5) is 0 Å². The number of hydrogen-bond donors (Lipinski definition) is 0. The number of ether oxygens (including phenoxy) is 2. The van der Waals surface area contributed by atoms with Crippen molar-refractivity contribution >= 4 is 5.97 Å². The normalized spacial score (nSPS) is 23.4. The molecule has 1 aliphatic heterocycles. The summed E-state index contributed by atoms with van der Waals surface area (Å²) in [6, 6.07) is 8.56. The number of methoxy groups -OCH3 is 2. The zero-order valence-corrected chi connectivity index (χ0v) is 12.5. The van der Waals surface area contributed by atoms with Crippen LogP contribution >= 0.6 is 0 Å². The van der Waals surface area contributed by atoms with Gasteiger partial charge in [-0.1, -0.05) is 12.1 Å². The molecular weight excluding hydrogens is 254 g/mol. The number of benzene rings is 1. The minimum atomic E-state index is -0.0686. The van der Waals surface area contributed by atoms with E-state index in [9.17, 15) is 4.79 Å². The number of nitrogens with zero attached hydrogens (tertiary/aromatic N) is 1. The first kappa shape index (κ1) is 14.9. The Hall–Kier alpha value is -1.55. The summed E-state index contributed by atoms with van der Waals surface area (Å²) >= 11 is 0. The van der Waals surface area contributed by atoms with E-state index in [4.69, 9.17) is 9.47 Å². The predicted molar refractivity (Wildman–Crippen MR) is 77.6 cm³/mol. The van der Waals surface area contributed by atoms with Crippen LogP contribution < -0.4 is 4.74 Å². The monoisotopic (exact) mass is 277 g/mol. The Balaban J connectivity index is 1.92. The number of carbonyl (C=O) groups excluding carboxylic acids is 1. The van der Waals surface area contributed by atoms with Crippen molar-refractivity contribution < 1.29 is 14.3 Å². The van der Waals surface area contributed by atoms with E-state index < -0.39 is 0 Å². The van der Waals surface area contributed by atoms with Crippen molar-refractivity contribution in [2.45, 2.75) is 32.4 Å². The fraction of sp³-hybridized carbons (Fsp3) is 0.562. The smallest absolute Gasteiger partial charge is 0.308 e. The lowest BCUT2D eigenvalue weighted by Gasteiger charge is -2.36. The molecule has 1 saturated heterocycles. The lowest BCUT2D eigenvalue weighted by Crippen LogP contribution is -2.42. The van der Waals surface area contributed by atoms with Gasteiger partial charge in [-0.25, -0.2) is 0 Å². The minimum Gasteiger partial charge on any atom is -0.497 e. The van der Waals surface area contributed by atoms with Crippen LogP contribution in [0.15, 0.2) is 24.3 Å². The van der Waals surface area contributed by atoms with E-state index in [0.29, 0.717) is 6.04 Å². The van der Waals surface area contributed by atoms with Crippen LogP contribution in [0, 0.1) is 5.92 Å². The van der Waals surface area contributed by atoms with Crippen LogP contribution in [0.2, 0.25) is 0 Å². The van der Waals surface area contributed by atoms with Gasteiger partial charge in [0.25, 0.3) is 0 Å². The number of rotatable bonds is 4. The highest BCUT2D eigenvalue weighted by Crippen LogP contribution is 2.25. The first-order valence-electron chi connectivity index (χ1n) is 7.09. The molecule has 0 aromatic heterocycles. The quantitative estimate of drug-likeness (QED) is 0.793. The summed E-state index contributed by atoms with van der Waals surface area (Å²) in [5.41, 5.74) is 1.27. The van der Waals surface area contributed by atoms with E-state index in [2.05, 4.69) is 24.0 Å². The number of hydrogen-bond acceptors (Lipinski definition) is 4. The van der Waals surface area contributed by atoms with E-state index in [-0.39, 0.29) is 11.9 Å². The summed E-state index contributed by atoms with van der Waals surface area (Å²) < 4.78 is 10.0. The first-order valence-corrected chi connectivity index (χ1v) is 7.09. The maximum atomic E-state index is 11.6. The number of likely N-dealkylation sites (tertiary alicyclic amines) is 1. The molecule has 4 heteroatoms. The molecule has 1 aromatic rings. The van der Waals surface area contributed by atoms with Gasteiger partial charge >= 0.3 is 5.97 Å². The molecule has 0 aliphatic carbocycles. The summed E-state index contributed by atoms with van der Waals surface area (Å²) in [7, 11) is 3.14. The number of esters is 1. The van der Waals surface area contributed by atoms with Crippen molar-refractivity contribution in [2.24, 2.45) is 5.92 Å². The largest absolute Gasteiger partial charge is 0.497 e. The summed E-state index contributed by atoms with van der Waals surface area (Å²) in [5, 5.41) is 0. The zero-order valence-electron chi connectivity index (χ0n) is 12.5.